The highest BCUT2D eigenvalue weighted by molar-refractivity contribution is 6.30. The van der Waals surface area contributed by atoms with Crippen LogP contribution in [0.1, 0.15) is 6.42 Å². The number of nitrogens with zero attached hydrogens (tertiary/aromatic N) is 1. The summed E-state index contributed by atoms with van der Waals surface area (Å²) in [5.74, 6) is 0.856. The summed E-state index contributed by atoms with van der Waals surface area (Å²) in [5.41, 5.74) is 0. The van der Waals surface area contributed by atoms with Crippen LogP contribution in [-0.2, 0) is 9.47 Å². The second kappa shape index (κ2) is 10.9. The fourth-order valence-corrected chi connectivity index (χ4v) is 1.91. The van der Waals surface area contributed by atoms with Crippen molar-refractivity contribution in [2.75, 3.05) is 53.7 Å². The first kappa shape index (κ1) is 17.2. The molecule has 0 radical (unpaired) electrons. The number of hydrogen-bond acceptors (Lipinski definition) is 4. The van der Waals surface area contributed by atoms with Crippen molar-refractivity contribution >= 4 is 11.6 Å². The Kier molecular flexibility index (Phi) is 9.41. The number of halogens is 1. The van der Waals surface area contributed by atoms with E-state index in [0.717, 1.165) is 50.0 Å². The van der Waals surface area contributed by atoms with Gasteiger partial charge in [-0.2, -0.15) is 0 Å². The summed E-state index contributed by atoms with van der Waals surface area (Å²) >= 11 is 5.83. The minimum Gasteiger partial charge on any atom is -0.494 e. The molecule has 114 valence electrons. The van der Waals surface area contributed by atoms with Crippen LogP contribution in [0.5, 0.6) is 5.75 Å². The predicted octanol–water partition coefficient (Wildman–Crippen LogP) is 2.70. The first-order chi connectivity index (χ1) is 9.76. The van der Waals surface area contributed by atoms with E-state index in [2.05, 4.69) is 4.90 Å². The molecule has 0 aliphatic heterocycles. The fourth-order valence-electron chi connectivity index (χ4n) is 1.79. The Balaban J connectivity index is 2.19. The van der Waals surface area contributed by atoms with E-state index in [0.29, 0.717) is 6.61 Å². The molecule has 0 bridgehead atoms. The Bertz CT molecular complexity index is 337. The first-order valence-electron chi connectivity index (χ1n) is 6.85. The van der Waals surface area contributed by atoms with Gasteiger partial charge in [0.1, 0.15) is 5.75 Å². The normalized spacial score (nSPS) is 11.0. The quantitative estimate of drug-likeness (QED) is 0.588. The summed E-state index contributed by atoms with van der Waals surface area (Å²) in [6, 6.07) is 7.44. The minimum absolute atomic E-state index is 0.693. The molecule has 4 nitrogen and oxygen atoms in total. The van der Waals surface area contributed by atoms with Gasteiger partial charge >= 0.3 is 0 Å². The number of rotatable bonds is 11. The Morgan fingerprint density at radius 1 is 0.900 bits per heavy atom. The number of hydrogen-bond donors (Lipinski definition) is 0. The van der Waals surface area contributed by atoms with Crippen molar-refractivity contribution in [3.8, 4) is 5.75 Å². The molecule has 1 aromatic rings. The number of ether oxygens (including phenoxy) is 3. The summed E-state index contributed by atoms with van der Waals surface area (Å²) < 4.78 is 15.9. The standard InChI is InChI=1S/C15H24ClNO3/c1-18-12-9-17(10-13-19-2)8-3-11-20-15-6-4-14(16)5-7-15/h4-7H,3,8-13H2,1-2H3. The minimum atomic E-state index is 0.693. The lowest BCUT2D eigenvalue weighted by atomic mass is 10.3. The average Bonchev–Trinajstić information content (AvgIpc) is 2.47. The van der Waals surface area contributed by atoms with Crippen LogP contribution in [0.25, 0.3) is 0 Å². The van der Waals surface area contributed by atoms with Gasteiger partial charge in [-0.3, -0.25) is 4.90 Å². The second-order valence-corrected chi connectivity index (χ2v) is 4.92. The maximum absolute atomic E-state index is 5.83. The van der Waals surface area contributed by atoms with Crippen molar-refractivity contribution in [3.05, 3.63) is 29.3 Å². The van der Waals surface area contributed by atoms with Gasteiger partial charge in [0.25, 0.3) is 0 Å². The first-order valence-corrected chi connectivity index (χ1v) is 7.22. The van der Waals surface area contributed by atoms with E-state index in [1.165, 1.54) is 0 Å². The van der Waals surface area contributed by atoms with Crippen molar-refractivity contribution in [2.24, 2.45) is 0 Å². The Labute approximate surface area is 126 Å². The van der Waals surface area contributed by atoms with Gasteiger partial charge in [-0.15, -0.1) is 0 Å². The highest BCUT2D eigenvalue weighted by atomic mass is 35.5. The van der Waals surface area contributed by atoms with Crippen molar-refractivity contribution < 1.29 is 14.2 Å². The molecule has 1 aromatic carbocycles. The van der Waals surface area contributed by atoms with Crippen molar-refractivity contribution in [1.82, 2.24) is 4.90 Å². The largest absolute Gasteiger partial charge is 0.494 e. The van der Waals surface area contributed by atoms with E-state index >= 15 is 0 Å². The smallest absolute Gasteiger partial charge is 0.119 e. The van der Waals surface area contributed by atoms with E-state index < -0.39 is 0 Å². The van der Waals surface area contributed by atoms with Crippen molar-refractivity contribution in [2.45, 2.75) is 6.42 Å². The Hall–Kier alpha value is -0.810. The SMILES string of the molecule is COCCN(CCCOc1ccc(Cl)cc1)CCOC. The molecule has 0 aliphatic rings. The average molecular weight is 302 g/mol. The van der Waals surface area contributed by atoms with Crippen LogP contribution >= 0.6 is 11.6 Å². The molecule has 0 aromatic heterocycles. The molecule has 0 unspecified atom stereocenters. The van der Waals surface area contributed by atoms with E-state index in [1.807, 2.05) is 24.3 Å². The van der Waals surface area contributed by atoms with Gasteiger partial charge in [-0.05, 0) is 30.7 Å². The second-order valence-electron chi connectivity index (χ2n) is 4.48. The maximum Gasteiger partial charge on any atom is 0.119 e. The summed E-state index contributed by atoms with van der Waals surface area (Å²) in [7, 11) is 3.44. The van der Waals surface area contributed by atoms with Gasteiger partial charge in [0.2, 0.25) is 0 Å². The topological polar surface area (TPSA) is 30.9 Å². The van der Waals surface area contributed by atoms with Gasteiger partial charge < -0.3 is 14.2 Å². The molecule has 0 fully saturated rings. The van der Waals surface area contributed by atoms with Crippen LogP contribution in [0.2, 0.25) is 5.02 Å². The lowest BCUT2D eigenvalue weighted by molar-refractivity contribution is 0.110. The van der Waals surface area contributed by atoms with Gasteiger partial charge in [0.15, 0.2) is 0 Å². The zero-order valence-corrected chi connectivity index (χ0v) is 13.1. The Morgan fingerprint density at radius 2 is 1.50 bits per heavy atom. The van der Waals surface area contributed by atoms with E-state index in [9.17, 15) is 0 Å². The number of methoxy groups -OCH3 is 2. The molecular weight excluding hydrogens is 278 g/mol. The van der Waals surface area contributed by atoms with Crippen molar-refractivity contribution in [3.63, 3.8) is 0 Å². The molecule has 0 N–H and O–H groups in total. The third-order valence-corrected chi connectivity index (χ3v) is 3.18. The zero-order valence-electron chi connectivity index (χ0n) is 12.3. The molecule has 1 rings (SSSR count). The lowest BCUT2D eigenvalue weighted by Gasteiger charge is -2.21. The molecule has 0 atom stereocenters. The third-order valence-electron chi connectivity index (χ3n) is 2.92. The van der Waals surface area contributed by atoms with Crippen LogP contribution < -0.4 is 4.74 Å². The molecular formula is C15H24ClNO3. The van der Waals surface area contributed by atoms with E-state index in [-0.39, 0.29) is 0 Å². The Morgan fingerprint density at radius 3 is 2.05 bits per heavy atom. The monoisotopic (exact) mass is 301 g/mol. The molecule has 0 spiro atoms. The highest BCUT2D eigenvalue weighted by Gasteiger charge is 2.04. The summed E-state index contributed by atoms with van der Waals surface area (Å²) in [4.78, 5) is 2.32. The van der Waals surface area contributed by atoms with Crippen LogP contribution in [0.4, 0.5) is 0 Å². The lowest BCUT2D eigenvalue weighted by Crippen LogP contribution is -2.32. The molecule has 0 heterocycles. The summed E-state index contributed by atoms with van der Waals surface area (Å²) in [6.07, 6.45) is 0.968. The zero-order chi connectivity index (χ0) is 14.6. The predicted molar refractivity (Wildman–Crippen MR) is 81.8 cm³/mol. The van der Waals surface area contributed by atoms with Crippen molar-refractivity contribution in [1.29, 1.82) is 0 Å². The van der Waals surface area contributed by atoms with Gasteiger partial charge in [0, 0.05) is 38.9 Å². The van der Waals surface area contributed by atoms with E-state index in [1.54, 1.807) is 14.2 Å². The van der Waals surface area contributed by atoms with Crippen LogP contribution in [-0.4, -0.2) is 58.6 Å². The van der Waals surface area contributed by atoms with Crippen LogP contribution in [0, 0.1) is 0 Å². The number of benzene rings is 1. The molecule has 0 amide bonds. The molecule has 20 heavy (non-hydrogen) atoms. The molecule has 5 heteroatoms. The molecule has 0 saturated heterocycles. The van der Waals surface area contributed by atoms with Crippen LogP contribution in [0.3, 0.4) is 0 Å². The summed E-state index contributed by atoms with van der Waals surface area (Å²) in [6.45, 7) is 4.98. The third kappa shape index (κ3) is 7.70. The van der Waals surface area contributed by atoms with Gasteiger partial charge in [-0.1, -0.05) is 11.6 Å². The van der Waals surface area contributed by atoms with Gasteiger partial charge in [0.05, 0.1) is 19.8 Å². The van der Waals surface area contributed by atoms with Gasteiger partial charge in [-0.25, -0.2) is 0 Å². The molecule has 0 aliphatic carbocycles. The summed E-state index contributed by atoms with van der Waals surface area (Å²) in [5, 5.41) is 0.725. The maximum atomic E-state index is 5.83. The van der Waals surface area contributed by atoms with E-state index in [4.69, 9.17) is 25.8 Å². The highest BCUT2D eigenvalue weighted by Crippen LogP contribution is 2.15. The molecule has 0 saturated carbocycles. The van der Waals surface area contributed by atoms with Crippen LogP contribution in [0.15, 0.2) is 24.3 Å². The fraction of sp³-hybridized carbons (Fsp3) is 0.600.